The minimum atomic E-state index is -0.316. The Kier molecular flexibility index (Phi) is 7.97. The number of ether oxygens (including phenoxy) is 2. The van der Waals surface area contributed by atoms with Gasteiger partial charge in [-0.15, -0.1) is 0 Å². The topological polar surface area (TPSA) is 52.6 Å². The minimum Gasteiger partial charge on any atom is -0.465 e. The molecular weight excluding hydrogens is 328 g/mol. The molecule has 0 radical (unpaired) electrons. The van der Waals surface area contributed by atoms with Crippen LogP contribution in [0.3, 0.4) is 0 Å². The highest BCUT2D eigenvalue weighted by Gasteiger charge is 2.59. The van der Waals surface area contributed by atoms with Crippen LogP contribution in [0.4, 0.5) is 0 Å². The highest BCUT2D eigenvalue weighted by Crippen LogP contribution is 2.60. The van der Waals surface area contributed by atoms with Crippen LogP contribution in [0, 0.1) is 29.1 Å². The summed E-state index contributed by atoms with van der Waals surface area (Å²) in [6.07, 6.45) is 8.92. The summed E-state index contributed by atoms with van der Waals surface area (Å²) in [5.74, 6) is -0.144. The Morgan fingerprint density at radius 3 is 2.00 bits per heavy atom. The van der Waals surface area contributed by atoms with Crippen LogP contribution in [0.15, 0.2) is 0 Å². The van der Waals surface area contributed by atoms with E-state index in [1.54, 1.807) is 0 Å². The molecule has 3 saturated carbocycles. The molecule has 0 N–H and O–H groups in total. The van der Waals surface area contributed by atoms with Gasteiger partial charge in [-0.2, -0.15) is 0 Å². The average molecular weight is 367 g/mol. The van der Waals surface area contributed by atoms with Gasteiger partial charge in [0.25, 0.3) is 0 Å². The number of esters is 2. The molecule has 0 aromatic carbocycles. The van der Waals surface area contributed by atoms with Crippen LogP contribution in [0.5, 0.6) is 0 Å². The summed E-state index contributed by atoms with van der Waals surface area (Å²) in [5, 5.41) is 0. The second-order valence-corrected chi connectivity index (χ2v) is 8.84. The molecule has 4 heteroatoms. The van der Waals surface area contributed by atoms with Crippen molar-refractivity contribution in [1.82, 2.24) is 0 Å². The van der Waals surface area contributed by atoms with Gasteiger partial charge in [0.1, 0.15) is 0 Å². The molecule has 0 aliphatic heterocycles. The summed E-state index contributed by atoms with van der Waals surface area (Å²) in [4.78, 5) is 26.0. The average Bonchev–Trinajstić information content (AvgIpc) is 2.61. The maximum Gasteiger partial charge on any atom is 0.310 e. The normalized spacial score (nSPS) is 30.4. The summed E-state index contributed by atoms with van der Waals surface area (Å²) < 4.78 is 11.2. The molecule has 0 aromatic heterocycles. The van der Waals surface area contributed by atoms with Gasteiger partial charge in [0.05, 0.1) is 25.0 Å². The fraction of sp³-hybridized carbons (Fsp3) is 0.909. The van der Waals surface area contributed by atoms with E-state index in [2.05, 4.69) is 27.7 Å². The van der Waals surface area contributed by atoms with Gasteiger partial charge in [0.2, 0.25) is 0 Å². The van der Waals surface area contributed by atoms with E-state index in [0.29, 0.717) is 19.1 Å². The Balaban J connectivity index is 2.21. The van der Waals surface area contributed by atoms with E-state index in [0.717, 1.165) is 57.8 Å². The summed E-state index contributed by atoms with van der Waals surface area (Å²) >= 11 is 0. The number of rotatable bonds is 10. The molecule has 150 valence electrons. The first-order valence-corrected chi connectivity index (χ1v) is 10.8. The van der Waals surface area contributed by atoms with Crippen molar-refractivity contribution in [2.45, 2.75) is 85.5 Å². The molecule has 0 spiro atoms. The molecule has 26 heavy (non-hydrogen) atoms. The van der Waals surface area contributed by atoms with Gasteiger partial charge < -0.3 is 9.47 Å². The third-order valence-corrected chi connectivity index (χ3v) is 6.38. The Morgan fingerprint density at radius 1 is 0.962 bits per heavy atom. The fourth-order valence-electron chi connectivity index (χ4n) is 5.23. The second kappa shape index (κ2) is 9.75. The van der Waals surface area contributed by atoms with Crippen molar-refractivity contribution in [3.63, 3.8) is 0 Å². The maximum absolute atomic E-state index is 13.1. The molecule has 0 amide bonds. The highest BCUT2D eigenvalue weighted by molar-refractivity contribution is 5.83. The van der Waals surface area contributed by atoms with Gasteiger partial charge >= 0.3 is 11.9 Å². The van der Waals surface area contributed by atoms with E-state index in [1.807, 2.05) is 0 Å². The van der Waals surface area contributed by atoms with Gasteiger partial charge in [-0.25, -0.2) is 0 Å². The highest BCUT2D eigenvalue weighted by atomic mass is 16.5. The lowest BCUT2D eigenvalue weighted by atomic mass is 9.48. The van der Waals surface area contributed by atoms with Gasteiger partial charge in [-0.1, -0.05) is 40.5 Å². The van der Waals surface area contributed by atoms with Gasteiger partial charge in [-0.05, 0) is 62.2 Å². The van der Waals surface area contributed by atoms with E-state index < -0.39 is 0 Å². The van der Waals surface area contributed by atoms with Crippen molar-refractivity contribution < 1.29 is 19.1 Å². The molecule has 2 unspecified atom stereocenters. The first kappa shape index (κ1) is 21.2. The van der Waals surface area contributed by atoms with Crippen LogP contribution in [-0.2, 0) is 19.1 Å². The zero-order valence-corrected chi connectivity index (χ0v) is 17.2. The molecule has 3 rings (SSSR count). The predicted molar refractivity (Wildman–Crippen MR) is 103 cm³/mol. The molecule has 3 fully saturated rings. The van der Waals surface area contributed by atoms with Crippen molar-refractivity contribution in [2.24, 2.45) is 29.1 Å². The van der Waals surface area contributed by atoms with Crippen molar-refractivity contribution in [3.8, 4) is 0 Å². The number of hydrogen-bond donors (Lipinski definition) is 0. The van der Waals surface area contributed by atoms with Gasteiger partial charge in [0, 0.05) is 0 Å². The minimum absolute atomic E-state index is 0.0827. The number of fused-ring (bicyclic) bond motifs is 3. The zero-order valence-electron chi connectivity index (χ0n) is 17.2. The monoisotopic (exact) mass is 366 g/mol. The van der Waals surface area contributed by atoms with Crippen LogP contribution in [-0.4, -0.2) is 25.2 Å². The first-order chi connectivity index (χ1) is 12.4. The van der Waals surface area contributed by atoms with Gasteiger partial charge in [0.15, 0.2) is 0 Å². The molecule has 0 heterocycles. The fourth-order valence-corrected chi connectivity index (χ4v) is 5.23. The quantitative estimate of drug-likeness (QED) is 0.397. The van der Waals surface area contributed by atoms with Crippen LogP contribution < -0.4 is 0 Å². The van der Waals surface area contributed by atoms with E-state index in [1.165, 1.54) is 0 Å². The standard InChI is InChI=1S/C22H38O4/c1-5-7-13-25-20(23)18-17-9-11-22(12-10-17,15-16(3)4)19(18)21(24)26-14-8-6-2/h16-19H,5-15H2,1-4H3. The summed E-state index contributed by atoms with van der Waals surface area (Å²) in [6.45, 7) is 9.53. The van der Waals surface area contributed by atoms with Crippen molar-refractivity contribution in [2.75, 3.05) is 13.2 Å². The number of carbonyl (C=O) groups excluding carboxylic acids is 2. The van der Waals surface area contributed by atoms with Crippen LogP contribution in [0.2, 0.25) is 0 Å². The molecular formula is C22H38O4. The third kappa shape index (κ3) is 4.80. The van der Waals surface area contributed by atoms with Crippen molar-refractivity contribution in [3.05, 3.63) is 0 Å². The van der Waals surface area contributed by atoms with Crippen LogP contribution in [0.25, 0.3) is 0 Å². The smallest absolute Gasteiger partial charge is 0.310 e. The Labute approximate surface area is 159 Å². The Bertz CT molecular complexity index is 463. The summed E-state index contributed by atoms with van der Waals surface area (Å²) in [5.41, 5.74) is -0.0827. The third-order valence-electron chi connectivity index (χ3n) is 6.38. The van der Waals surface area contributed by atoms with E-state index in [4.69, 9.17) is 9.47 Å². The molecule has 3 aliphatic carbocycles. The molecule has 2 atom stereocenters. The predicted octanol–water partition coefficient (Wildman–Crippen LogP) is 5.14. The first-order valence-electron chi connectivity index (χ1n) is 10.8. The lowest BCUT2D eigenvalue weighted by molar-refractivity contribution is -0.184. The molecule has 4 nitrogen and oxygen atoms in total. The maximum atomic E-state index is 13.1. The molecule has 3 aliphatic rings. The van der Waals surface area contributed by atoms with Crippen LogP contribution >= 0.6 is 0 Å². The summed E-state index contributed by atoms with van der Waals surface area (Å²) in [6, 6.07) is 0. The van der Waals surface area contributed by atoms with Crippen molar-refractivity contribution >= 4 is 11.9 Å². The number of carbonyl (C=O) groups is 2. The van der Waals surface area contributed by atoms with Crippen LogP contribution in [0.1, 0.15) is 85.5 Å². The van der Waals surface area contributed by atoms with Gasteiger partial charge in [-0.3, -0.25) is 9.59 Å². The molecule has 2 bridgehead atoms. The zero-order chi connectivity index (χ0) is 19.2. The SMILES string of the molecule is CCCCOC(=O)C1C2CCC(CC(C)C)(CC2)C1C(=O)OCCCC. The number of unbranched alkanes of at least 4 members (excludes halogenated alkanes) is 2. The Hall–Kier alpha value is -1.06. The van der Waals surface area contributed by atoms with E-state index >= 15 is 0 Å². The number of hydrogen-bond acceptors (Lipinski definition) is 4. The van der Waals surface area contributed by atoms with E-state index in [-0.39, 0.29) is 35.1 Å². The second-order valence-electron chi connectivity index (χ2n) is 8.84. The van der Waals surface area contributed by atoms with E-state index in [9.17, 15) is 9.59 Å². The summed E-state index contributed by atoms with van der Waals surface area (Å²) in [7, 11) is 0. The molecule has 0 aromatic rings. The Morgan fingerprint density at radius 2 is 1.50 bits per heavy atom. The van der Waals surface area contributed by atoms with Crippen molar-refractivity contribution in [1.29, 1.82) is 0 Å². The lowest BCUT2D eigenvalue weighted by Gasteiger charge is -2.55. The molecule has 0 saturated heterocycles. The lowest BCUT2D eigenvalue weighted by Crippen LogP contribution is -2.55. The largest absolute Gasteiger partial charge is 0.465 e.